The Balaban J connectivity index is 1.81. The molecular weight excluding hydrogens is 194 g/mol. The molecule has 84 valence electrons. The molecule has 0 bridgehead atoms. The molecule has 0 atom stereocenters. The summed E-state index contributed by atoms with van der Waals surface area (Å²) in [6.45, 7) is 3.34. The average molecular weight is 211 g/mol. The third kappa shape index (κ3) is 2.20. The molecule has 1 amide bonds. The van der Waals surface area contributed by atoms with E-state index in [0.717, 1.165) is 19.4 Å². The molecule has 0 radical (unpaired) electrons. The van der Waals surface area contributed by atoms with Crippen molar-refractivity contribution >= 4 is 11.7 Å². The van der Waals surface area contributed by atoms with Gasteiger partial charge in [0.05, 0.1) is 12.5 Å². The van der Waals surface area contributed by atoms with Crippen molar-refractivity contribution in [3.8, 4) is 0 Å². The zero-order valence-corrected chi connectivity index (χ0v) is 9.07. The molecule has 0 spiro atoms. The number of nitrogens with zero attached hydrogens (tertiary/aromatic N) is 1. The first kappa shape index (κ1) is 10.6. The minimum atomic E-state index is 0.00574. The van der Waals surface area contributed by atoms with Gasteiger partial charge in [0.25, 0.3) is 0 Å². The van der Waals surface area contributed by atoms with Gasteiger partial charge >= 0.3 is 0 Å². The van der Waals surface area contributed by atoms with Crippen LogP contribution >= 0.6 is 0 Å². The molecule has 4 heteroatoms. The maximum atomic E-state index is 11.6. The molecule has 0 unspecified atom stereocenters. The molecule has 15 heavy (non-hydrogen) atoms. The Hall–Kier alpha value is -0.900. The van der Waals surface area contributed by atoms with Crippen molar-refractivity contribution in [3.63, 3.8) is 0 Å². The Morgan fingerprint density at radius 2 is 2.13 bits per heavy atom. The van der Waals surface area contributed by atoms with Gasteiger partial charge in [0.15, 0.2) is 0 Å². The quantitative estimate of drug-likeness (QED) is 0.647. The van der Waals surface area contributed by atoms with Gasteiger partial charge < -0.3 is 9.64 Å². The highest BCUT2D eigenvalue weighted by Gasteiger charge is 2.38. The molecule has 2 rings (SSSR count). The van der Waals surface area contributed by atoms with Crippen molar-refractivity contribution in [2.24, 2.45) is 0 Å². The molecule has 0 aromatic rings. The summed E-state index contributed by atoms with van der Waals surface area (Å²) in [6.07, 6.45) is 2.84. The minimum absolute atomic E-state index is 0.00574. The van der Waals surface area contributed by atoms with Crippen LogP contribution in [0, 0.1) is 0 Å². The first-order valence-corrected chi connectivity index (χ1v) is 5.63. The van der Waals surface area contributed by atoms with E-state index in [9.17, 15) is 9.59 Å². The van der Waals surface area contributed by atoms with Gasteiger partial charge in [0.1, 0.15) is 5.78 Å². The first-order valence-electron chi connectivity index (χ1n) is 5.63. The Morgan fingerprint density at radius 1 is 1.40 bits per heavy atom. The number of amides is 1. The van der Waals surface area contributed by atoms with E-state index in [0.29, 0.717) is 25.1 Å². The predicted octanol–water partition coefficient (Wildman–Crippen LogP) is 0.745. The van der Waals surface area contributed by atoms with Crippen molar-refractivity contribution in [2.75, 3.05) is 13.2 Å². The van der Waals surface area contributed by atoms with E-state index < -0.39 is 0 Å². The smallest absolute Gasteiger partial charge is 0.230 e. The highest BCUT2D eigenvalue weighted by molar-refractivity contribution is 6.00. The highest BCUT2D eigenvalue weighted by atomic mass is 16.5. The number of ketones is 1. The highest BCUT2D eigenvalue weighted by Crippen LogP contribution is 2.30. The van der Waals surface area contributed by atoms with Gasteiger partial charge in [-0.3, -0.25) is 9.59 Å². The van der Waals surface area contributed by atoms with Gasteiger partial charge in [-0.1, -0.05) is 0 Å². The average Bonchev–Trinajstić information content (AvgIpc) is 2.12. The summed E-state index contributed by atoms with van der Waals surface area (Å²) in [5.74, 6) is 0.0862. The molecule has 1 aliphatic heterocycles. The normalized spacial score (nSPS) is 31.7. The second kappa shape index (κ2) is 4.31. The van der Waals surface area contributed by atoms with Crippen molar-refractivity contribution in [2.45, 2.75) is 44.8 Å². The van der Waals surface area contributed by atoms with Gasteiger partial charge in [-0.25, -0.2) is 0 Å². The topological polar surface area (TPSA) is 46.6 Å². The van der Waals surface area contributed by atoms with E-state index in [-0.39, 0.29) is 18.1 Å². The fraction of sp³-hybridized carbons (Fsp3) is 0.818. The molecule has 1 aliphatic carbocycles. The summed E-state index contributed by atoms with van der Waals surface area (Å²) < 4.78 is 5.45. The van der Waals surface area contributed by atoms with Crippen molar-refractivity contribution in [3.05, 3.63) is 0 Å². The lowest BCUT2D eigenvalue weighted by Gasteiger charge is -2.43. The molecule has 2 aliphatic rings. The predicted molar refractivity (Wildman–Crippen MR) is 54.4 cm³/mol. The molecule has 0 N–H and O–H groups in total. The van der Waals surface area contributed by atoms with Crippen LogP contribution in [-0.4, -0.2) is 41.9 Å². The summed E-state index contributed by atoms with van der Waals surface area (Å²) in [7, 11) is 0. The van der Waals surface area contributed by atoms with Crippen molar-refractivity contribution < 1.29 is 14.3 Å². The van der Waals surface area contributed by atoms with Crippen LogP contribution in [0.1, 0.15) is 32.6 Å². The van der Waals surface area contributed by atoms with E-state index in [1.54, 1.807) is 0 Å². The van der Waals surface area contributed by atoms with Crippen LogP contribution in [0.25, 0.3) is 0 Å². The SMILES string of the molecule is CCOC1CC(N2CCC(=O)CC2=O)C1. The summed E-state index contributed by atoms with van der Waals surface area (Å²) >= 11 is 0. The number of ether oxygens (including phenoxy) is 1. The van der Waals surface area contributed by atoms with Crippen LogP contribution in [0.3, 0.4) is 0 Å². The maximum absolute atomic E-state index is 11.6. The van der Waals surface area contributed by atoms with Crippen LogP contribution in [-0.2, 0) is 14.3 Å². The lowest BCUT2D eigenvalue weighted by atomic mass is 9.86. The zero-order chi connectivity index (χ0) is 10.8. The van der Waals surface area contributed by atoms with Crippen LogP contribution in [0.5, 0.6) is 0 Å². The second-order valence-corrected chi connectivity index (χ2v) is 4.26. The van der Waals surface area contributed by atoms with Crippen molar-refractivity contribution in [1.29, 1.82) is 0 Å². The molecule has 2 fully saturated rings. The third-order valence-electron chi connectivity index (χ3n) is 3.21. The third-order valence-corrected chi connectivity index (χ3v) is 3.21. The molecule has 1 saturated carbocycles. The lowest BCUT2D eigenvalue weighted by molar-refractivity contribution is -0.146. The van der Waals surface area contributed by atoms with E-state index in [1.807, 2.05) is 11.8 Å². The van der Waals surface area contributed by atoms with Gasteiger partial charge in [0.2, 0.25) is 5.91 Å². The molecule has 1 saturated heterocycles. The Morgan fingerprint density at radius 3 is 2.73 bits per heavy atom. The maximum Gasteiger partial charge on any atom is 0.230 e. The van der Waals surface area contributed by atoms with E-state index in [2.05, 4.69) is 0 Å². The number of carbonyl (C=O) groups excluding carboxylic acids is 2. The molecule has 1 heterocycles. The fourth-order valence-electron chi connectivity index (χ4n) is 2.28. The molecule has 4 nitrogen and oxygen atoms in total. The summed E-state index contributed by atoms with van der Waals surface area (Å²) in [5.41, 5.74) is 0. The minimum Gasteiger partial charge on any atom is -0.378 e. The molecule has 0 aromatic heterocycles. The number of rotatable bonds is 3. The van der Waals surface area contributed by atoms with Gasteiger partial charge in [0, 0.05) is 25.6 Å². The number of Topliss-reactive ketones (excluding diaryl/α,β-unsaturated/α-hetero) is 1. The second-order valence-electron chi connectivity index (χ2n) is 4.26. The number of hydrogen-bond donors (Lipinski definition) is 0. The van der Waals surface area contributed by atoms with Crippen molar-refractivity contribution in [1.82, 2.24) is 4.90 Å². The number of piperidine rings is 1. The van der Waals surface area contributed by atoms with Crippen LogP contribution in [0.15, 0.2) is 0 Å². The molecular formula is C11H17NO3. The van der Waals surface area contributed by atoms with E-state index in [1.165, 1.54) is 0 Å². The van der Waals surface area contributed by atoms with Crippen LogP contribution in [0.4, 0.5) is 0 Å². The number of carbonyl (C=O) groups is 2. The van der Waals surface area contributed by atoms with Crippen LogP contribution in [0.2, 0.25) is 0 Å². The number of hydrogen-bond acceptors (Lipinski definition) is 3. The van der Waals surface area contributed by atoms with Gasteiger partial charge in [-0.2, -0.15) is 0 Å². The Kier molecular flexibility index (Phi) is 3.05. The monoisotopic (exact) mass is 211 g/mol. The summed E-state index contributed by atoms with van der Waals surface area (Å²) in [6, 6.07) is 0.321. The Labute approximate surface area is 89.6 Å². The van der Waals surface area contributed by atoms with E-state index in [4.69, 9.17) is 4.74 Å². The summed E-state index contributed by atoms with van der Waals surface area (Å²) in [4.78, 5) is 24.5. The zero-order valence-electron chi connectivity index (χ0n) is 9.07. The first-order chi connectivity index (χ1) is 7.20. The standard InChI is InChI=1S/C11H17NO3/c1-2-15-10-5-8(6-10)12-4-3-9(13)7-11(12)14/h8,10H,2-7H2,1H3. The summed E-state index contributed by atoms with van der Waals surface area (Å²) in [5, 5.41) is 0. The van der Waals surface area contributed by atoms with E-state index >= 15 is 0 Å². The van der Waals surface area contributed by atoms with Gasteiger partial charge in [-0.15, -0.1) is 0 Å². The van der Waals surface area contributed by atoms with Gasteiger partial charge in [-0.05, 0) is 19.8 Å². The molecule has 0 aromatic carbocycles. The fourth-order valence-corrected chi connectivity index (χ4v) is 2.28. The van der Waals surface area contributed by atoms with Crippen LogP contribution < -0.4 is 0 Å². The Bertz CT molecular complexity index is 271. The largest absolute Gasteiger partial charge is 0.378 e. The number of likely N-dealkylation sites (tertiary alicyclic amines) is 1. The lowest BCUT2D eigenvalue weighted by Crippen LogP contribution is -2.53.